The van der Waals surface area contributed by atoms with Crippen molar-refractivity contribution in [2.24, 2.45) is 0 Å². The van der Waals surface area contributed by atoms with E-state index < -0.39 is 0 Å². The van der Waals surface area contributed by atoms with Gasteiger partial charge in [-0.3, -0.25) is 0 Å². The summed E-state index contributed by atoms with van der Waals surface area (Å²) in [6.45, 7) is 4.71. The molecule has 242 valence electrons. The number of benzene rings is 8. The fourth-order valence-electron chi connectivity index (χ4n) is 8.31. The van der Waals surface area contributed by atoms with Crippen molar-refractivity contribution in [1.82, 2.24) is 0 Å². The Bertz CT molecular complexity index is 2770. The average molecular weight is 670 g/mol. The molecule has 0 saturated carbocycles. The van der Waals surface area contributed by atoms with Crippen LogP contribution in [0.1, 0.15) is 25.0 Å². The molecule has 1 aliphatic carbocycles. The van der Waals surface area contributed by atoms with E-state index in [1.807, 2.05) is 11.3 Å². The third-order valence-electron chi connectivity index (χ3n) is 10.9. The van der Waals surface area contributed by atoms with Gasteiger partial charge in [-0.1, -0.05) is 141 Å². The number of para-hydroxylation sites is 1. The van der Waals surface area contributed by atoms with Gasteiger partial charge in [0.05, 0.1) is 5.69 Å². The van der Waals surface area contributed by atoms with Gasteiger partial charge in [0.1, 0.15) is 0 Å². The first-order valence-electron chi connectivity index (χ1n) is 17.7. The maximum atomic E-state index is 2.44. The van der Waals surface area contributed by atoms with Crippen LogP contribution in [0, 0.1) is 0 Å². The van der Waals surface area contributed by atoms with Crippen LogP contribution in [-0.4, -0.2) is 0 Å². The number of fused-ring (bicyclic) bond motifs is 8. The average Bonchev–Trinajstić information content (AvgIpc) is 3.68. The van der Waals surface area contributed by atoms with Crippen molar-refractivity contribution >= 4 is 59.3 Å². The van der Waals surface area contributed by atoms with Gasteiger partial charge < -0.3 is 4.90 Å². The van der Waals surface area contributed by atoms with Crippen LogP contribution in [0.4, 0.5) is 17.1 Å². The number of thiophene rings is 1. The Kier molecular flexibility index (Phi) is 6.78. The van der Waals surface area contributed by atoms with Crippen LogP contribution in [0.25, 0.3) is 64.3 Å². The minimum absolute atomic E-state index is 0.0916. The van der Waals surface area contributed by atoms with Gasteiger partial charge in [0.2, 0.25) is 0 Å². The fourth-order valence-corrected chi connectivity index (χ4v) is 9.44. The molecule has 0 spiro atoms. The second-order valence-electron chi connectivity index (χ2n) is 14.1. The van der Waals surface area contributed by atoms with E-state index in [-0.39, 0.29) is 5.41 Å². The lowest BCUT2D eigenvalue weighted by atomic mass is 9.82. The fraction of sp³-hybridized carbons (Fsp3) is 0.0612. The van der Waals surface area contributed by atoms with Gasteiger partial charge in [0.25, 0.3) is 0 Å². The maximum Gasteiger partial charge on any atom is 0.0540 e. The van der Waals surface area contributed by atoms with E-state index in [2.05, 4.69) is 195 Å². The summed E-state index contributed by atoms with van der Waals surface area (Å²) < 4.78 is 2.67. The summed E-state index contributed by atoms with van der Waals surface area (Å²) in [5, 5.41) is 5.28. The molecule has 2 heteroatoms. The zero-order chi connectivity index (χ0) is 34.1. The molecule has 0 amide bonds. The Morgan fingerprint density at radius 1 is 0.431 bits per heavy atom. The summed E-state index contributed by atoms with van der Waals surface area (Å²) in [6, 6.07) is 64.8. The highest BCUT2D eigenvalue weighted by atomic mass is 32.1. The largest absolute Gasteiger partial charge is 0.310 e. The molecule has 1 nitrogen and oxygen atoms in total. The van der Waals surface area contributed by atoms with Crippen molar-refractivity contribution in [3.63, 3.8) is 0 Å². The predicted molar refractivity (Wildman–Crippen MR) is 220 cm³/mol. The van der Waals surface area contributed by atoms with Gasteiger partial charge in [-0.2, -0.15) is 0 Å². The molecular formula is C49H35NS. The lowest BCUT2D eigenvalue weighted by Gasteiger charge is -2.30. The van der Waals surface area contributed by atoms with E-state index in [4.69, 9.17) is 0 Å². The predicted octanol–water partition coefficient (Wildman–Crippen LogP) is 14.3. The molecule has 0 radical (unpaired) electrons. The Labute approximate surface area is 302 Å². The van der Waals surface area contributed by atoms with E-state index in [9.17, 15) is 0 Å². The third-order valence-corrected chi connectivity index (χ3v) is 12.0. The van der Waals surface area contributed by atoms with Crippen molar-refractivity contribution < 1.29 is 0 Å². The van der Waals surface area contributed by atoms with E-state index in [1.54, 1.807) is 0 Å². The maximum absolute atomic E-state index is 2.44. The van der Waals surface area contributed by atoms with Gasteiger partial charge in [-0.15, -0.1) is 11.3 Å². The molecule has 1 aromatic heterocycles. The Balaban J connectivity index is 1.12. The summed E-state index contributed by atoms with van der Waals surface area (Å²) in [6.07, 6.45) is 0. The summed E-state index contributed by atoms with van der Waals surface area (Å²) >= 11 is 1.88. The highest BCUT2D eigenvalue weighted by Crippen LogP contribution is 2.51. The number of hydrogen-bond donors (Lipinski definition) is 0. The molecule has 0 fully saturated rings. The lowest BCUT2D eigenvalue weighted by molar-refractivity contribution is 0.660. The van der Waals surface area contributed by atoms with Crippen molar-refractivity contribution in [3.05, 3.63) is 187 Å². The normalized spacial score (nSPS) is 13.1. The van der Waals surface area contributed by atoms with Gasteiger partial charge in [0, 0.05) is 42.5 Å². The molecule has 0 atom stereocenters. The van der Waals surface area contributed by atoms with E-state index in [0.29, 0.717) is 0 Å². The van der Waals surface area contributed by atoms with Crippen molar-refractivity contribution in [2.45, 2.75) is 19.3 Å². The molecule has 0 N–H and O–H groups in total. The molecule has 9 aromatic rings. The Morgan fingerprint density at radius 2 is 1.10 bits per heavy atom. The molecule has 8 aromatic carbocycles. The molecule has 0 unspecified atom stereocenters. The second-order valence-corrected chi connectivity index (χ2v) is 15.2. The Morgan fingerprint density at radius 3 is 1.96 bits per heavy atom. The summed E-state index contributed by atoms with van der Waals surface area (Å²) in [5.74, 6) is 0. The first-order valence-corrected chi connectivity index (χ1v) is 18.5. The van der Waals surface area contributed by atoms with Crippen molar-refractivity contribution in [2.75, 3.05) is 4.90 Å². The van der Waals surface area contributed by atoms with Crippen LogP contribution < -0.4 is 4.90 Å². The van der Waals surface area contributed by atoms with E-state index >= 15 is 0 Å². The topological polar surface area (TPSA) is 3.24 Å². The SMILES string of the molecule is CC1(C)c2ccccc2-c2ccc(N(c3ccc(-c4ccc5ccc6sc7ccccc7c6c5c4)cc3)c3ccccc3-c3ccccc3)cc21. The molecule has 0 saturated heterocycles. The van der Waals surface area contributed by atoms with Crippen molar-refractivity contribution in [1.29, 1.82) is 0 Å². The molecule has 10 rings (SSSR count). The standard InChI is InChI=1S/C49H35NS/c1-49(2)43-17-9-6-15-39(43)40-28-27-37(31-44(40)49)50(45-18-10-7-14-38(45)33-12-4-3-5-13-33)36-25-22-32(23-26-36)35-21-20-34-24-29-47-48(42(34)30-35)41-16-8-11-19-46(41)51-47/h3-31H,1-2H3. The van der Waals surface area contributed by atoms with Crippen LogP contribution in [0.3, 0.4) is 0 Å². The van der Waals surface area contributed by atoms with E-state index in [1.165, 1.54) is 75.5 Å². The molecule has 51 heavy (non-hydrogen) atoms. The Hall–Kier alpha value is -5.96. The molecular weight excluding hydrogens is 635 g/mol. The van der Waals surface area contributed by atoms with Crippen LogP contribution in [0.5, 0.6) is 0 Å². The zero-order valence-corrected chi connectivity index (χ0v) is 29.4. The number of rotatable bonds is 5. The molecule has 0 bridgehead atoms. The lowest BCUT2D eigenvalue weighted by Crippen LogP contribution is -2.16. The quantitative estimate of drug-likeness (QED) is 0.176. The molecule has 1 heterocycles. The van der Waals surface area contributed by atoms with Gasteiger partial charge >= 0.3 is 0 Å². The first kappa shape index (κ1) is 29.9. The van der Waals surface area contributed by atoms with Crippen molar-refractivity contribution in [3.8, 4) is 33.4 Å². The van der Waals surface area contributed by atoms with Gasteiger partial charge in [-0.05, 0) is 98.2 Å². The van der Waals surface area contributed by atoms with Crippen LogP contribution in [0.15, 0.2) is 176 Å². The summed E-state index contributed by atoms with van der Waals surface area (Å²) in [7, 11) is 0. The highest BCUT2D eigenvalue weighted by Gasteiger charge is 2.35. The van der Waals surface area contributed by atoms with Crippen LogP contribution in [0.2, 0.25) is 0 Å². The van der Waals surface area contributed by atoms with Crippen LogP contribution in [-0.2, 0) is 5.41 Å². The van der Waals surface area contributed by atoms with E-state index in [0.717, 1.165) is 17.1 Å². The van der Waals surface area contributed by atoms with Gasteiger partial charge in [0.15, 0.2) is 0 Å². The minimum Gasteiger partial charge on any atom is -0.310 e. The summed E-state index contributed by atoms with van der Waals surface area (Å²) in [5.41, 5.74) is 13.6. The highest BCUT2D eigenvalue weighted by molar-refractivity contribution is 7.26. The van der Waals surface area contributed by atoms with Crippen LogP contribution >= 0.6 is 11.3 Å². The number of hydrogen-bond acceptors (Lipinski definition) is 2. The third kappa shape index (κ3) is 4.75. The summed E-state index contributed by atoms with van der Waals surface area (Å²) in [4.78, 5) is 2.44. The smallest absolute Gasteiger partial charge is 0.0540 e. The molecule has 0 aliphatic heterocycles. The first-order chi connectivity index (χ1) is 25.0. The monoisotopic (exact) mass is 669 g/mol. The number of anilines is 3. The minimum atomic E-state index is -0.0916. The zero-order valence-electron chi connectivity index (χ0n) is 28.6. The van der Waals surface area contributed by atoms with Gasteiger partial charge in [-0.25, -0.2) is 0 Å². The molecule has 1 aliphatic rings. The number of nitrogens with zero attached hydrogens (tertiary/aromatic N) is 1. The second kappa shape index (κ2) is 11.6.